The fraction of sp³-hybridized carbons (Fsp3) is 0.437. The lowest BCUT2D eigenvalue weighted by Crippen LogP contribution is -2.39. The minimum Gasteiger partial charge on any atom is -0.393 e. The molecule has 0 atom stereocenters. The Morgan fingerprint density at radius 2 is 0.528 bits per heavy atom. The van der Waals surface area contributed by atoms with Crippen LogP contribution in [-0.4, -0.2) is 163 Å². The molecule has 0 spiro atoms. The lowest BCUT2D eigenvalue weighted by Gasteiger charge is -2.22. The standard InChI is InChI=1S/2C13H16F3NO3.C13H19NO3.C12H16ClNO3.2C12H15F2NO3.C12H16FNO3/c1-8-4-5-9(10(6-8)13(14,15)16)11(18)17-20-7-12(2,3)19;1-8-4-5-9(10(6-8)13(14,15)16)11(19)17-20-12(2,3)7-18;1-9-5-6-11(10(2)7-9)12(15)14-17-8-13(3,4)16;1-8-4-5-9(10(13)6-8)11(16)14-17-12(2,3)7-15;1-7-4-8(13)10(9(14)5-7)11(16)15-18-6-12(2,3)17;1-7-4-8(13)10(9(14)5-7)11(17)15-18-12(2,3)6-16;1-8-4-5-9(10(13)6-8)11(16)14-17-12(2,3)7-15/h4-6,19H,7H2,1-3H3,(H,17,18);4-6,18H,7H2,1-3H3,(H,17,19);5-7,16H,8H2,1-4H3,(H,14,15);4-6,15H,7H2,1-3H3,(H,14,16);4-5,17H,6H2,1-3H3,(H,15,16);4-5,16H,6H2,1-3H3,(H,15,17);4-6,15H,7H2,1-3H3,(H,14,16). The van der Waals surface area contributed by atoms with Gasteiger partial charge in [-0.1, -0.05) is 64.7 Å². The highest BCUT2D eigenvalue weighted by atomic mass is 35.5. The monoisotopic (exact) mass is 1840 g/mol. The van der Waals surface area contributed by atoms with E-state index in [0.717, 1.165) is 70.8 Å². The summed E-state index contributed by atoms with van der Waals surface area (Å²) in [5.74, 6) is -9.96. The van der Waals surface area contributed by atoms with E-state index in [2.05, 4.69) is 21.3 Å². The normalized spacial score (nSPS) is 11.7. The lowest BCUT2D eigenvalue weighted by molar-refractivity contribution is -0.139. The Bertz CT molecular complexity index is 4700. The first-order valence-corrected chi connectivity index (χ1v) is 38.6. The zero-order valence-corrected chi connectivity index (χ0v) is 75.1. The van der Waals surface area contributed by atoms with Gasteiger partial charge in [0.1, 0.15) is 82.4 Å². The molecule has 0 fully saturated rings. The Morgan fingerprint density at radius 3 is 0.819 bits per heavy atom. The maximum absolute atomic E-state index is 13.5. The number of hydrogen-bond donors (Lipinski definition) is 14. The van der Waals surface area contributed by atoms with Crippen LogP contribution in [0, 0.1) is 84.5 Å². The van der Waals surface area contributed by atoms with Gasteiger partial charge in [0.05, 0.1) is 81.6 Å². The second kappa shape index (κ2) is 50.5. The Balaban J connectivity index is 0.000000742. The summed E-state index contributed by atoms with van der Waals surface area (Å²) >= 11 is 5.94. The van der Waals surface area contributed by atoms with E-state index in [1.54, 1.807) is 78.8 Å². The molecule has 7 aromatic carbocycles. The molecule has 14 N–H and O–H groups in total. The molecule has 0 saturated carbocycles. The fourth-order valence-electron chi connectivity index (χ4n) is 8.77. The van der Waals surface area contributed by atoms with Crippen LogP contribution in [0.5, 0.6) is 0 Å². The van der Waals surface area contributed by atoms with Crippen molar-refractivity contribution in [2.45, 2.75) is 204 Å². The van der Waals surface area contributed by atoms with Gasteiger partial charge in [-0.05, 0) is 259 Å². The highest BCUT2D eigenvalue weighted by molar-refractivity contribution is 6.33. The van der Waals surface area contributed by atoms with Crippen molar-refractivity contribution in [1.82, 2.24) is 38.4 Å². The molecule has 0 unspecified atom stereocenters. The Morgan fingerprint density at radius 1 is 0.299 bits per heavy atom. The van der Waals surface area contributed by atoms with Gasteiger partial charge in [0.15, 0.2) is 0 Å². The van der Waals surface area contributed by atoms with Gasteiger partial charge in [0, 0.05) is 5.56 Å². The molecule has 0 aromatic heterocycles. The number of aryl methyl sites for hydroxylation is 8. The fourth-order valence-corrected chi connectivity index (χ4v) is 9.09. The molecule has 0 bridgehead atoms. The van der Waals surface area contributed by atoms with Crippen LogP contribution in [0.3, 0.4) is 0 Å². The molecule has 0 heterocycles. The first-order valence-electron chi connectivity index (χ1n) is 38.2. The Kier molecular flexibility index (Phi) is 45.7. The number of halogens is 12. The molecular formula is C87H113ClF11N7O21. The molecule has 0 saturated heterocycles. The number of rotatable bonds is 28. The van der Waals surface area contributed by atoms with E-state index in [1.807, 2.05) is 54.8 Å². The largest absolute Gasteiger partial charge is 0.417 e. The van der Waals surface area contributed by atoms with E-state index >= 15 is 0 Å². The van der Waals surface area contributed by atoms with Crippen molar-refractivity contribution in [3.05, 3.63) is 244 Å². The van der Waals surface area contributed by atoms with Crippen molar-refractivity contribution in [2.24, 2.45) is 0 Å². The summed E-state index contributed by atoms with van der Waals surface area (Å²) in [6.07, 6.45) is -9.26. The van der Waals surface area contributed by atoms with Crippen LogP contribution in [0.2, 0.25) is 5.02 Å². The van der Waals surface area contributed by atoms with Gasteiger partial charge >= 0.3 is 12.4 Å². The summed E-state index contributed by atoms with van der Waals surface area (Å²) in [7, 11) is 0. The molecule has 7 rings (SSSR count). The number of alkyl halides is 6. The smallest absolute Gasteiger partial charge is 0.393 e. The maximum Gasteiger partial charge on any atom is 0.417 e. The van der Waals surface area contributed by atoms with Gasteiger partial charge in [-0.3, -0.25) is 67.4 Å². The van der Waals surface area contributed by atoms with Crippen molar-refractivity contribution >= 4 is 53.0 Å². The summed E-state index contributed by atoms with van der Waals surface area (Å²) in [5.41, 5.74) is 8.66. The van der Waals surface area contributed by atoms with Crippen LogP contribution in [-0.2, 0) is 46.2 Å². The molecule has 0 aliphatic heterocycles. The van der Waals surface area contributed by atoms with E-state index in [0.29, 0.717) is 38.4 Å². The van der Waals surface area contributed by atoms with E-state index in [1.165, 1.54) is 107 Å². The average Bonchev–Trinajstić information content (AvgIpc) is 0.816. The second-order valence-electron chi connectivity index (χ2n) is 33.0. The molecule has 0 aliphatic rings. The van der Waals surface area contributed by atoms with Crippen molar-refractivity contribution in [3.63, 3.8) is 0 Å². The number of aliphatic hydroxyl groups is 7. The predicted molar refractivity (Wildman–Crippen MR) is 446 cm³/mol. The molecule has 7 aromatic rings. The van der Waals surface area contributed by atoms with Crippen LogP contribution in [0.1, 0.15) is 225 Å². The molecular weight excluding hydrogens is 1720 g/mol. The van der Waals surface area contributed by atoms with Gasteiger partial charge in [-0.2, -0.15) is 26.3 Å². The first kappa shape index (κ1) is 115. The quantitative estimate of drug-likeness (QED) is 0.0160. The SMILES string of the molecule is Cc1cc(F)c(C(=O)NOC(C)(C)CO)c(F)c1.Cc1cc(F)c(C(=O)NOCC(C)(C)O)c(F)c1.Cc1ccc(C(=O)NOC(C)(C)CO)c(C(F)(F)F)c1.Cc1ccc(C(=O)NOC(C)(C)CO)c(Cl)c1.Cc1ccc(C(=O)NOC(C)(C)CO)c(F)c1.Cc1ccc(C(=O)NOCC(C)(C)O)c(C(F)(F)F)c1.Cc1ccc(C(=O)NOCC(C)(C)O)c(C)c1. The minimum atomic E-state index is -4.63. The van der Waals surface area contributed by atoms with E-state index in [4.69, 9.17) is 61.1 Å². The van der Waals surface area contributed by atoms with Gasteiger partial charge in [-0.25, -0.2) is 60.3 Å². The van der Waals surface area contributed by atoms with Crippen LogP contribution in [0.4, 0.5) is 48.3 Å². The number of nitrogens with one attached hydrogen (secondary N) is 7. The molecule has 706 valence electrons. The highest BCUT2D eigenvalue weighted by Crippen LogP contribution is 2.35. The van der Waals surface area contributed by atoms with Gasteiger partial charge in [-0.15, -0.1) is 0 Å². The van der Waals surface area contributed by atoms with Crippen molar-refractivity contribution in [2.75, 3.05) is 46.2 Å². The van der Waals surface area contributed by atoms with Crippen LogP contribution in [0.15, 0.2) is 115 Å². The van der Waals surface area contributed by atoms with Crippen LogP contribution < -0.4 is 38.4 Å². The molecule has 28 nitrogen and oxygen atoms in total. The third-order valence-corrected chi connectivity index (χ3v) is 15.9. The van der Waals surface area contributed by atoms with E-state index in [-0.39, 0.29) is 51.1 Å². The summed E-state index contributed by atoms with van der Waals surface area (Å²) in [6, 6.07) is 25.9. The zero-order valence-electron chi connectivity index (χ0n) is 74.3. The zero-order chi connectivity index (χ0) is 98.1. The Labute approximate surface area is 733 Å². The van der Waals surface area contributed by atoms with E-state index in [9.17, 15) is 97.2 Å². The third kappa shape index (κ3) is 44.4. The lowest BCUT2D eigenvalue weighted by atomic mass is 10.0. The molecule has 0 aliphatic carbocycles. The topological polar surface area (TPSA) is 410 Å². The predicted octanol–water partition coefficient (Wildman–Crippen LogP) is 13.7. The second-order valence-corrected chi connectivity index (χ2v) is 33.4. The van der Waals surface area contributed by atoms with Gasteiger partial charge in [0.25, 0.3) is 41.4 Å². The number of amides is 7. The summed E-state index contributed by atoms with van der Waals surface area (Å²) in [4.78, 5) is 116. The first-order chi connectivity index (χ1) is 58.0. The Hall–Kier alpha value is -10.2. The number of carbonyl (C=O) groups excluding carboxylic acids is 7. The van der Waals surface area contributed by atoms with Crippen LogP contribution >= 0.6 is 11.6 Å². The van der Waals surface area contributed by atoms with Gasteiger partial charge < -0.3 is 35.7 Å². The number of hydrogen-bond acceptors (Lipinski definition) is 21. The van der Waals surface area contributed by atoms with Crippen molar-refractivity contribution < 1.29 is 151 Å². The summed E-state index contributed by atoms with van der Waals surface area (Å²) < 4.78 is 144. The molecule has 127 heavy (non-hydrogen) atoms. The number of aliphatic hydroxyl groups excluding tert-OH is 4. The average molecular weight is 1840 g/mol. The van der Waals surface area contributed by atoms with Gasteiger partial charge in [0.2, 0.25) is 0 Å². The molecule has 40 heteroatoms. The highest BCUT2D eigenvalue weighted by Gasteiger charge is 2.38. The maximum atomic E-state index is 13.5. The number of carbonyl (C=O) groups is 7. The summed E-state index contributed by atoms with van der Waals surface area (Å²) in [5, 5.41) is 64.2. The van der Waals surface area contributed by atoms with Crippen molar-refractivity contribution in [1.29, 1.82) is 0 Å². The molecule has 7 amide bonds. The number of hydroxylamine groups is 7. The minimum absolute atomic E-state index is 0.0453. The number of benzene rings is 7. The van der Waals surface area contributed by atoms with E-state index < -0.39 is 156 Å². The van der Waals surface area contributed by atoms with Crippen molar-refractivity contribution in [3.8, 4) is 0 Å². The molecule has 0 radical (unpaired) electrons. The summed E-state index contributed by atoms with van der Waals surface area (Å²) in [6.45, 7) is 33.4. The third-order valence-electron chi connectivity index (χ3n) is 15.6. The van der Waals surface area contributed by atoms with Crippen LogP contribution in [0.25, 0.3) is 0 Å².